The second kappa shape index (κ2) is 7.86. The molecule has 0 fully saturated rings. The number of thiazole rings is 1. The maximum Gasteiger partial charge on any atom is 0.307 e. The Hall–Kier alpha value is -1.99. The monoisotopic (exact) mass is 321 g/mol. The van der Waals surface area contributed by atoms with Crippen molar-refractivity contribution in [1.82, 2.24) is 15.2 Å². The van der Waals surface area contributed by atoms with Crippen LogP contribution in [0.3, 0.4) is 0 Å². The Morgan fingerprint density at radius 3 is 2.86 bits per heavy atom. The zero-order chi connectivity index (χ0) is 15.9. The number of aromatic nitrogens is 1. The number of amides is 1. The number of benzene rings is 1. The van der Waals surface area contributed by atoms with E-state index >= 15 is 0 Å². The van der Waals surface area contributed by atoms with Crippen LogP contribution in [0.5, 0.6) is 0 Å². The third-order valence-electron chi connectivity index (χ3n) is 3.04. The molecule has 1 heterocycles. The summed E-state index contributed by atoms with van der Waals surface area (Å²) in [5.41, 5.74) is 0.985. The van der Waals surface area contributed by atoms with Gasteiger partial charge < -0.3 is 10.1 Å². The van der Waals surface area contributed by atoms with Crippen molar-refractivity contribution in [1.29, 1.82) is 0 Å². The van der Waals surface area contributed by atoms with Crippen molar-refractivity contribution in [2.45, 2.75) is 13.0 Å². The van der Waals surface area contributed by atoms with Crippen molar-refractivity contribution in [2.24, 2.45) is 0 Å². The average Bonchev–Trinajstić information content (AvgIpc) is 2.88. The van der Waals surface area contributed by atoms with Gasteiger partial charge in [-0.25, -0.2) is 4.98 Å². The van der Waals surface area contributed by atoms with Gasteiger partial charge in [0.15, 0.2) is 0 Å². The normalized spacial score (nSPS) is 10.9. The van der Waals surface area contributed by atoms with E-state index in [0.717, 1.165) is 15.2 Å². The van der Waals surface area contributed by atoms with E-state index in [1.807, 2.05) is 36.2 Å². The molecule has 6 nitrogen and oxygen atoms in total. The smallest absolute Gasteiger partial charge is 0.307 e. The van der Waals surface area contributed by atoms with Crippen molar-refractivity contribution in [3.05, 3.63) is 29.3 Å². The van der Waals surface area contributed by atoms with E-state index < -0.39 is 0 Å². The fourth-order valence-electron chi connectivity index (χ4n) is 1.98. The molecule has 7 heteroatoms. The van der Waals surface area contributed by atoms with E-state index in [9.17, 15) is 9.59 Å². The lowest BCUT2D eigenvalue weighted by Gasteiger charge is -2.14. The molecule has 0 radical (unpaired) electrons. The Bertz CT molecular complexity index is 623. The highest BCUT2D eigenvalue weighted by Crippen LogP contribution is 2.22. The van der Waals surface area contributed by atoms with E-state index in [4.69, 9.17) is 0 Å². The van der Waals surface area contributed by atoms with Crippen LogP contribution in [0.25, 0.3) is 10.2 Å². The number of fused-ring (bicyclic) bond motifs is 1. The molecule has 0 spiro atoms. The maximum atomic E-state index is 11.8. The minimum Gasteiger partial charge on any atom is -0.469 e. The SMILES string of the molecule is COC(=O)CCNC(=O)CN(C)Cc1nc2ccccc2s1. The van der Waals surface area contributed by atoms with Crippen LogP contribution < -0.4 is 5.32 Å². The quantitative estimate of drug-likeness (QED) is 0.781. The second-order valence-corrected chi connectivity index (χ2v) is 6.04. The largest absolute Gasteiger partial charge is 0.469 e. The number of esters is 1. The predicted octanol–water partition coefficient (Wildman–Crippen LogP) is 1.41. The molecule has 0 aliphatic carbocycles. The number of likely N-dealkylation sites (N-methyl/N-ethyl adjacent to an activating group) is 1. The van der Waals surface area contributed by atoms with Crippen LogP contribution in [0.15, 0.2) is 24.3 Å². The van der Waals surface area contributed by atoms with E-state index in [1.54, 1.807) is 11.3 Å². The van der Waals surface area contributed by atoms with Crippen molar-refractivity contribution in [2.75, 3.05) is 27.2 Å². The molecule has 1 amide bonds. The number of nitrogens with one attached hydrogen (secondary N) is 1. The number of ether oxygens (including phenoxy) is 1. The van der Waals surface area contributed by atoms with Gasteiger partial charge in [-0.3, -0.25) is 14.5 Å². The molecule has 2 rings (SSSR count). The molecule has 0 unspecified atom stereocenters. The summed E-state index contributed by atoms with van der Waals surface area (Å²) in [6, 6.07) is 7.97. The fraction of sp³-hybridized carbons (Fsp3) is 0.400. The van der Waals surface area contributed by atoms with Gasteiger partial charge in [-0.05, 0) is 19.2 Å². The number of rotatable bonds is 7. The molecule has 1 N–H and O–H groups in total. The summed E-state index contributed by atoms with van der Waals surface area (Å²) in [5.74, 6) is -0.448. The van der Waals surface area contributed by atoms with E-state index in [-0.39, 0.29) is 24.8 Å². The van der Waals surface area contributed by atoms with Crippen molar-refractivity contribution >= 4 is 33.4 Å². The molecule has 0 atom stereocenters. The van der Waals surface area contributed by atoms with Gasteiger partial charge in [0.25, 0.3) is 0 Å². The Morgan fingerprint density at radius 1 is 1.36 bits per heavy atom. The second-order valence-electron chi connectivity index (χ2n) is 4.92. The van der Waals surface area contributed by atoms with E-state index in [0.29, 0.717) is 13.1 Å². The first-order valence-corrected chi connectivity index (χ1v) is 7.76. The highest BCUT2D eigenvalue weighted by molar-refractivity contribution is 7.18. The number of carbonyl (C=O) groups is 2. The van der Waals surface area contributed by atoms with Crippen molar-refractivity contribution in [3.8, 4) is 0 Å². The fourth-order valence-corrected chi connectivity index (χ4v) is 3.03. The van der Waals surface area contributed by atoms with Crippen molar-refractivity contribution in [3.63, 3.8) is 0 Å². The summed E-state index contributed by atoms with van der Waals surface area (Å²) in [6.07, 6.45) is 0.184. The molecule has 0 bridgehead atoms. The number of para-hydroxylation sites is 1. The Morgan fingerprint density at radius 2 is 2.14 bits per heavy atom. The maximum absolute atomic E-state index is 11.8. The van der Waals surface area contributed by atoms with Crippen LogP contribution in [0, 0.1) is 0 Å². The van der Waals surface area contributed by atoms with Crippen LogP contribution in [0.4, 0.5) is 0 Å². The summed E-state index contributed by atoms with van der Waals surface area (Å²) < 4.78 is 5.66. The van der Waals surface area contributed by atoms with Crippen LogP contribution >= 0.6 is 11.3 Å². The number of methoxy groups -OCH3 is 1. The topological polar surface area (TPSA) is 71.5 Å². The molecule has 2 aromatic rings. The minimum absolute atomic E-state index is 0.118. The molecule has 0 saturated carbocycles. The highest BCUT2D eigenvalue weighted by atomic mass is 32.1. The molecule has 22 heavy (non-hydrogen) atoms. The first-order chi connectivity index (χ1) is 10.6. The number of hydrogen-bond donors (Lipinski definition) is 1. The zero-order valence-corrected chi connectivity index (χ0v) is 13.5. The van der Waals surface area contributed by atoms with Gasteiger partial charge in [-0.15, -0.1) is 11.3 Å². The molecule has 118 valence electrons. The van der Waals surface area contributed by atoms with Crippen LogP contribution in [0.1, 0.15) is 11.4 Å². The Balaban J connectivity index is 1.78. The van der Waals surface area contributed by atoms with Gasteiger partial charge in [0.1, 0.15) is 5.01 Å². The zero-order valence-electron chi connectivity index (χ0n) is 12.7. The van der Waals surface area contributed by atoms with Crippen LogP contribution in [-0.4, -0.2) is 49.0 Å². The summed E-state index contributed by atoms with van der Waals surface area (Å²) in [7, 11) is 3.20. The summed E-state index contributed by atoms with van der Waals surface area (Å²) >= 11 is 1.63. The molecule has 1 aromatic heterocycles. The lowest BCUT2D eigenvalue weighted by atomic mass is 10.3. The number of hydrogen-bond acceptors (Lipinski definition) is 6. The van der Waals surface area contributed by atoms with Gasteiger partial charge in [0.2, 0.25) is 5.91 Å². The first kappa shape index (κ1) is 16.4. The van der Waals surface area contributed by atoms with Gasteiger partial charge in [0, 0.05) is 6.54 Å². The highest BCUT2D eigenvalue weighted by Gasteiger charge is 2.10. The van der Waals surface area contributed by atoms with Gasteiger partial charge in [0.05, 0.1) is 36.8 Å². The molecule has 1 aromatic carbocycles. The summed E-state index contributed by atoms with van der Waals surface area (Å²) in [6.45, 7) is 1.17. The van der Waals surface area contributed by atoms with Gasteiger partial charge >= 0.3 is 5.97 Å². The molecular weight excluding hydrogens is 302 g/mol. The first-order valence-electron chi connectivity index (χ1n) is 6.95. The lowest BCUT2D eigenvalue weighted by molar-refractivity contribution is -0.140. The van der Waals surface area contributed by atoms with Gasteiger partial charge in [-0.2, -0.15) is 0 Å². The van der Waals surface area contributed by atoms with Gasteiger partial charge in [-0.1, -0.05) is 12.1 Å². The van der Waals surface area contributed by atoms with E-state index in [2.05, 4.69) is 15.0 Å². The van der Waals surface area contributed by atoms with Crippen LogP contribution in [0.2, 0.25) is 0 Å². The standard InChI is InChI=1S/C15H19N3O3S/c1-18(9-13(19)16-8-7-15(20)21-2)10-14-17-11-5-3-4-6-12(11)22-14/h3-6H,7-10H2,1-2H3,(H,16,19). The Kier molecular flexibility index (Phi) is 5.85. The summed E-state index contributed by atoms with van der Waals surface area (Å²) in [4.78, 5) is 29.1. The lowest BCUT2D eigenvalue weighted by Crippen LogP contribution is -2.35. The molecule has 0 aliphatic rings. The molecule has 0 aliphatic heterocycles. The minimum atomic E-state index is -0.330. The van der Waals surface area contributed by atoms with E-state index in [1.165, 1.54) is 7.11 Å². The number of nitrogens with zero attached hydrogens (tertiary/aromatic N) is 2. The average molecular weight is 321 g/mol. The third kappa shape index (κ3) is 4.78. The Labute approximate surface area is 133 Å². The van der Waals surface area contributed by atoms with Crippen LogP contribution in [-0.2, 0) is 20.9 Å². The summed E-state index contributed by atoms with van der Waals surface area (Å²) in [5, 5.41) is 3.67. The van der Waals surface area contributed by atoms with Crippen molar-refractivity contribution < 1.29 is 14.3 Å². The molecular formula is C15H19N3O3S. The predicted molar refractivity (Wildman–Crippen MR) is 85.6 cm³/mol. The third-order valence-corrected chi connectivity index (χ3v) is 4.06. The molecule has 0 saturated heterocycles. The number of carbonyl (C=O) groups excluding carboxylic acids is 2.